The molecule has 4 heterocycles. The van der Waals surface area contributed by atoms with Crippen LogP contribution in [0.4, 0.5) is 5.13 Å². The van der Waals surface area contributed by atoms with Gasteiger partial charge in [-0.2, -0.15) is 5.26 Å². The van der Waals surface area contributed by atoms with Crippen LogP contribution in [0.25, 0.3) is 0 Å². The first-order chi connectivity index (χ1) is 13.1. The van der Waals surface area contributed by atoms with Gasteiger partial charge in [-0.1, -0.05) is 12.1 Å². The molecular formula is C16H23N7O2S2. The smallest absolute Gasteiger partial charge is 0.240 e. The Morgan fingerprint density at radius 3 is 3.22 bits per heavy atom. The second-order valence-corrected chi connectivity index (χ2v) is 9.05. The van der Waals surface area contributed by atoms with Gasteiger partial charge in [0, 0.05) is 30.4 Å². The average Bonchev–Trinajstić information content (AvgIpc) is 3.40. The maximum Gasteiger partial charge on any atom is 0.240 e. The van der Waals surface area contributed by atoms with Crippen molar-refractivity contribution < 1.29 is 9.63 Å². The number of likely N-dealkylation sites (tertiary alicyclic amines) is 1. The quantitative estimate of drug-likeness (QED) is 0.643. The van der Waals surface area contributed by atoms with E-state index in [-0.39, 0.29) is 24.1 Å². The number of hydrogen-bond donors (Lipinski definition) is 3. The molecule has 0 saturated carbocycles. The lowest BCUT2D eigenvalue weighted by Crippen LogP contribution is -2.58. The minimum atomic E-state index is -0.426. The molecule has 3 aliphatic heterocycles. The van der Waals surface area contributed by atoms with Crippen LogP contribution in [0.3, 0.4) is 0 Å². The molecule has 3 saturated heterocycles. The van der Waals surface area contributed by atoms with Gasteiger partial charge >= 0.3 is 0 Å². The SMILES string of the molecule is CCC1(N2NC3CCN(CC(=O)Nc4nccs4)CC3O2)NC(C#N)CS1. The average molecular weight is 410 g/mol. The zero-order valence-electron chi connectivity index (χ0n) is 15.1. The van der Waals surface area contributed by atoms with Crippen LogP contribution < -0.4 is 16.1 Å². The van der Waals surface area contributed by atoms with Crippen LogP contribution in [-0.2, 0) is 9.63 Å². The summed E-state index contributed by atoms with van der Waals surface area (Å²) >= 11 is 3.11. The van der Waals surface area contributed by atoms with Crippen LogP contribution in [-0.4, -0.2) is 69.5 Å². The number of hydrazine groups is 1. The monoisotopic (exact) mass is 409 g/mol. The number of carbonyl (C=O) groups excluding carboxylic acids is 1. The van der Waals surface area contributed by atoms with Gasteiger partial charge in [0.25, 0.3) is 0 Å². The van der Waals surface area contributed by atoms with Gasteiger partial charge in [0.05, 0.1) is 18.7 Å². The number of aromatic nitrogens is 1. The summed E-state index contributed by atoms with van der Waals surface area (Å²) in [7, 11) is 0. The molecule has 0 bridgehead atoms. The summed E-state index contributed by atoms with van der Waals surface area (Å²) < 4.78 is 0. The van der Waals surface area contributed by atoms with Crippen molar-refractivity contribution in [1.29, 1.82) is 5.26 Å². The van der Waals surface area contributed by atoms with E-state index in [4.69, 9.17) is 4.84 Å². The zero-order chi connectivity index (χ0) is 18.9. The highest BCUT2D eigenvalue weighted by molar-refractivity contribution is 8.00. The summed E-state index contributed by atoms with van der Waals surface area (Å²) in [5.74, 6) is 0.686. The fraction of sp³-hybridized carbons (Fsp3) is 0.688. The van der Waals surface area contributed by atoms with Crippen molar-refractivity contribution in [2.45, 2.75) is 42.9 Å². The highest BCUT2D eigenvalue weighted by atomic mass is 32.2. The Hall–Kier alpha value is -1.26. The van der Waals surface area contributed by atoms with E-state index in [2.05, 4.69) is 38.9 Å². The van der Waals surface area contributed by atoms with Crippen molar-refractivity contribution in [2.24, 2.45) is 0 Å². The maximum absolute atomic E-state index is 12.2. The van der Waals surface area contributed by atoms with E-state index in [1.165, 1.54) is 11.3 Å². The first-order valence-electron chi connectivity index (χ1n) is 9.08. The van der Waals surface area contributed by atoms with Crippen molar-refractivity contribution >= 4 is 34.1 Å². The summed E-state index contributed by atoms with van der Waals surface area (Å²) in [6.07, 6.45) is 3.37. The normalized spacial score (nSPS) is 34.3. The van der Waals surface area contributed by atoms with E-state index >= 15 is 0 Å². The summed E-state index contributed by atoms with van der Waals surface area (Å²) in [5.41, 5.74) is 3.46. The second kappa shape index (κ2) is 8.00. The fourth-order valence-corrected chi connectivity index (χ4v) is 5.43. The predicted octanol–water partition coefficient (Wildman–Crippen LogP) is 0.569. The molecule has 3 fully saturated rings. The molecule has 11 heteroatoms. The van der Waals surface area contributed by atoms with Gasteiger partial charge < -0.3 is 5.32 Å². The van der Waals surface area contributed by atoms with E-state index in [9.17, 15) is 10.1 Å². The maximum atomic E-state index is 12.2. The number of amides is 1. The van der Waals surface area contributed by atoms with E-state index in [1.807, 2.05) is 10.6 Å². The Morgan fingerprint density at radius 2 is 2.52 bits per heavy atom. The third-order valence-electron chi connectivity index (χ3n) is 5.06. The molecule has 4 atom stereocenters. The highest BCUT2D eigenvalue weighted by Crippen LogP contribution is 2.39. The van der Waals surface area contributed by atoms with E-state index in [0.29, 0.717) is 18.2 Å². The van der Waals surface area contributed by atoms with Gasteiger partial charge in [0.2, 0.25) is 5.91 Å². The number of hydroxylamine groups is 1. The van der Waals surface area contributed by atoms with E-state index in [1.54, 1.807) is 18.0 Å². The van der Waals surface area contributed by atoms with E-state index < -0.39 is 4.99 Å². The Labute approximate surface area is 166 Å². The number of piperidine rings is 1. The molecule has 0 spiro atoms. The first-order valence-corrected chi connectivity index (χ1v) is 10.9. The Morgan fingerprint density at radius 1 is 1.63 bits per heavy atom. The molecule has 1 amide bonds. The Bertz CT molecular complexity index is 712. The highest BCUT2D eigenvalue weighted by Gasteiger charge is 2.50. The molecule has 3 N–H and O–H groups in total. The van der Waals surface area contributed by atoms with Crippen LogP contribution in [0.2, 0.25) is 0 Å². The molecule has 0 aliphatic carbocycles. The lowest BCUT2D eigenvalue weighted by atomic mass is 10.0. The third-order valence-corrected chi connectivity index (χ3v) is 7.30. The van der Waals surface area contributed by atoms with Crippen LogP contribution in [0.5, 0.6) is 0 Å². The molecule has 0 aromatic carbocycles. The summed E-state index contributed by atoms with van der Waals surface area (Å²) in [6.45, 7) is 3.93. The lowest BCUT2D eigenvalue weighted by molar-refractivity contribution is -0.216. The van der Waals surface area contributed by atoms with Crippen molar-refractivity contribution in [3.05, 3.63) is 11.6 Å². The topological polar surface area (TPSA) is 106 Å². The zero-order valence-corrected chi connectivity index (χ0v) is 16.7. The Kier molecular flexibility index (Phi) is 5.65. The minimum Gasteiger partial charge on any atom is -0.301 e. The number of nitrogens with one attached hydrogen (secondary N) is 3. The largest absolute Gasteiger partial charge is 0.301 e. The number of thiazole rings is 1. The lowest BCUT2D eigenvalue weighted by Gasteiger charge is -2.35. The van der Waals surface area contributed by atoms with E-state index in [0.717, 1.165) is 25.1 Å². The molecule has 0 radical (unpaired) electrons. The number of nitrogens with zero attached hydrogens (tertiary/aromatic N) is 4. The van der Waals surface area contributed by atoms with Crippen LogP contribution >= 0.6 is 23.1 Å². The van der Waals surface area contributed by atoms with Gasteiger partial charge in [-0.3, -0.25) is 19.8 Å². The van der Waals surface area contributed by atoms with Crippen molar-refractivity contribution in [1.82, 2.24) is 25.8 Å². The van der Waals surface area contributed by atoms with Gasteiger partial charge in [-0.15, -0.1) is 23.1 Å². The van der Waals surface area contributed by atoms with Gasteiger partial charge in [0.1, 0.15) is 12.1 Å². The van der Waals surface area contributed by atoms with Crippen molar-refractivity contribution in [3.63, 3.8) is 0 Å². The number of thioether (sulfide) groups is 1. The van der Waals surface area contributed by atoms with Crippen LogP contribution in [0.1, 0.15) is 19.8 Å². The first kappa shape index (κ1) is 19.1. The fourth-order valence-electron chi connectivity index (χ4n) is 3.64. The van der Waals surface area contributed by atoms with Gasteiger partial charge in [-0.25, -0.2) is 10.4 Å². The Balaban J connectivity index is 1.33. The van der Waals surface area contributed by atoms with Gasteiger partial charge in [-0.05, 0) is 12.8 Å². The standard InChI is InChI=1S/C16H23N7O2S2/c1-2-16(20-11(7-17)10-27-16)23-21-12-3-5-22(8-13(12)25-23)9-14(24)19-15-18-4-6-26-15/h4,6,11-13,20-21H,2-3,5,8-10H2,1H3,(H,18,19,24). The molecular weight excluding hydrogens is 386 g/mol. The van der Waals surface area contributed by atoms with Crippen LogP contribution in [0, 0.1) is 11.3 Å². The summed E-state index contributed by atoms with van der Waals surface area (Å²) in [5, 5.41) is 19.7. The second-order valence-electron chi connectivity index (χ2n) is 6.86. The third kappa shape index (κ3) is 3.97. The van der Waals surface area contributed by atoms with Gasteiger partial charge in [0.15, 0.2) is 10.1 Å². The molecule has 27 heavy (non-hydrogen) atoms. The number of hydrogen-bond acceptors (Lipinski definition) is 10. The van der Waals surface area contributed by atoms with Crippen LogP contribution in [0.15, 0.2) is 11.6 Å². The predicted molar refractivity (Wildman–Crippen MR) is 103 cm³/mol. The molecule has 9 nitrogen and oxygen atoms in total. The summed E-state index contributed by atoms with van der Waals surface area (Å²) in [4.78, 5) is 24.2. The van der Waals surface area contributed by atoms with Crippen molar-refractivity contribution in [3.8, 4) is 6.07 Å². The molecule has 146 valence electrons. The number of nitriles is 1. The number of rotatable bonds is 5. The minimum absolute atomic E-state index is 0.0154. The molecule has 1 aromatic rings. The molecule has 4 rings (SSSR count). The number of carbonyl (C=O) groups is 1. The molecule has 3 aliphatic rings. The molecule has 4 unspecified atom stereocenters. The molecule has 1 aromatic heterocycles. The summed E-state index contributed by atoms with van der Waals surface area (Å²) in [6, 6.07) is 2.33. The van der Waals surface area contributed by atoms with Crippen molar-refractivity contribution in [2.75, 3.05) is 30.7 Å². The number of fused-ring (bicyclic) bond motifs is 1. The number of anilines is 1.